The van der Waals surface area contributed by atoms with Gasteiger partial charge in [-0.3, -0.25) is 4.90 Å². The highest BCUT2D eigenvalue weighted by molar-refractivity contribution is 8.00. The largest absolute Gasteiger partial charge is 0.475 e. The summed E-state index contributed by atoms with van der Waals surface area (Å²) in [6, 6.07) is 13.9. The zero-order chi connectivity index (χ0) is 20.4. The summed E-state index contributed by atoms with van der Waals surface area (Å²) in [5.74, 6) is 0.796. The first kappa shape index (κ1) is 20.7. The van der Waals surface area contributed by atoms with E-state index in [1.54, 1.807) is 0 Å². The second-order valence-electron chi connectivity index (χ2n) is 8.10. The molecular formula is C24H30FNO2S. The summed E-state index contributed by atoms with van der Waals surface area (Å²) in [5, 5.41) is 10.1. The highest BCUT2D eigenvalue weighted by atomic mass is 32.2. The van der Waals surface area contributed by atoms with Gasteiger partial charge >= 0.3 is 0 Å². The highest BCUT2D eigenvalue weighted by Crippen LogP contribution is 2.52. The van der Waals surface area contributed by atoms with E-state index >= 15 is 0 Å². The number of halogens is 1. The van der Waals surface area contributed by atoms with E-state index in [1.165, 1.54) is 22.6 Å². The maximum absolute atomic E-state index is 13.1. The van der Waals surface area contributed by atoms with Crippen LogP contribution in [0.4, 0.5) is 4.39 Å². The minimum absolute atomic E-state index is 0.0628. The van der Waals surface area contributed by atoms with Crippen molar-refractivity contribution in [2.45, 2.75) is 74.3 Å². The van der Waals surface area contributed by atoms with Crippen molar-refractivity contribution < 1.29 is 14.2 Å². The minimum Gasteiger partial charge on any atom is -0.475 e. The zero-order valence-electron chi connectivity index (χ0n) is 17.2. The molecule has 2 aromatic rings. The Hall–Kier alpha value is -1.56. The van der Waals surface area contributed by atoms with Gasteiger partial charge in [-0.2, -0.15) is 0 Å². The van der Waals surface area contributed by atoms with Crippen molar-refractivity contribution in [2.75, 3.05) is 6.73 Å². The highest BCUT2D eigenvalue weighted by Gasteiger charge is 2.39. The van der Waals surface area contributed by atoms with Crippen LogP contribution >= 0.6 is 11.8 Å². The summed E-state index contributed by atoms with van der Waals surface area (Å²) in [6.45, 7) is 4.42. The molecule has 0 amide bonds. The summed E-state index contributed by atoms with van der Waals surface area (Å²) >= 11 is 1.84. The summed E-state index contributed by atoms with van der Waals surface area (Å²) < 4.78 is 19.4. The maximum atomic E-state index is 13.1. The van der Waals surface area contributed by atoms with E-state index in [0.717, 1.165) is 49.8 Å². The van der Waals surface area contributed by atoms with Gasteiger partial charge in [-0.05, 0) is 73.9 Å². The second kappa shape index (κ2) is 8.66. The molecule has 1 N–H and O–H groups in total. The third-order valence-electron chi connectivity index (χ3n) is 6.51. The molecule has 0 radical (unpaired) electrons. The van der Waals surface area contributed by atoms with Crippen LogP contribution in [0, 0.1) is 5.82 Å². The van der Waals surface area contributed by atoms with E-state index < -0.39 is 0 Å². The Morgan fingerprint density at radius 2 is 1.90 bits per heavy atom. The molecule has 0 aromatic heterocycles. The Morgan fingerprint density at radius 1 is 1.14 bits per heavy atom. The predicted octanol–water partition coefficient (Wildman–Crippen LogP) is 5.91. The van der Waals surface area contributed by atoms with Crippen molar-refractivity contribution in [2.24, 2.45) is 0 Å². The molecule has 2 atom stereocenters. The average Bonchev–Trinajstić information content (AvgIpc) is 3.33. The van der Waals surface area contributed by atoms with Crippen LogP contribution in [0.3, 0.4) is 0 Å². The summed E-state index contributed by atoms with van der Waals surface area (Å²) in [6.07, 6.45) is 5.95. The molecule has 0 spiro atoms. The second-order valence-corrected chi connectivity index (χ2v) is 9.48. The van der Waals surface area contributed by atoms with E-state index in [0.29, 0.717) is 6.04 Å². The Balaban J connectivity index is 1.45. The first-order valence-electron chi connectivity index (χ1n) is 10.7. The number of hydrogen-bond acceptors (Lipinski definition) is 4. The number of hydrogen-bond donors (Lipinski definition) is 1. The molecule has 29 heavy (non-hydrogen) atoms. The summed E-state index contributed by atoms with van der Waals surface area (Å²) in [4.78, 5) is 3.31. The smallest absolute Gasteiger partial charge is 0.158 e. The molecule has 2 aromatic carbocycles. The molecule has 2 heterocycles. The van der Waals surface area contributed by atoms with Crippen molar-refractivity contribution in [1.29, 1.82) is 0 Å². The van der Waals surface area contributed by atoms with Crippen LogP contribution in [-0.4, -0.2) is 27.7 Å². The van der Waals surface area contributed by atoms with Gasteiger partial charge in [0.05, 0.1) is 11.6 Å². The number of fused-ring (bicyclic) bond motifs is 1. The van der Waals surface area contributed by atoms with Crippen LogP contribution < -0.4 is 4.74 Å². The van der Waals surface area contributed by atoms with Crippen LogP contribution in [0.5, 0.6) is 5.75 Å². The van der Waals surface area contributed by atoms with Gasteiger partial charge in [-0.25, -0.2) is 4.39 Å². The Labute approximate surface area is 177 Å². The molecule has 156 valence electrons. The monoisotopic (exact) mass is 415 g/mol. The fourth-order valence-corrected chi connectivity index (χ4v) is 5.89. The lowest BCUT2D eigenvalue weighted by Crippen LogP contribution is -2.32. The normalized spacial score (nSPS) is 23.2. The quantitative estimate of drug-likeness (QED) is 0.609. The predicted molar refractivity (Wildman–Crippen MR) is 116 cm³/mol. The van der Waals surface area contributed by atoms with Crippen molar-refractivity contribution in [3.05, 3.63) is 59.4 Å². The lowest BCUT2D eigenvalue weighted by Gasteiger charge is -2.28. The maximum Gasteiger partial charge on any atom is 0.158 e. The first-order valence-corrected chi connectivity index (χ1v) is 11.5. The number of aryl methyl sites for hydroxylation is 1. The molecule has 0 aliphatic carbocycles. The van der Waals surface area contributed by atoms with E-state index in [1.807, 2.05) is 23.9 Å². The van der Waals surface area contributed by atoms with Gasteiger partial charge in [-0.1, -0.05) is 43.8 Å². The van der Waals surface area contributed by atoms with E-state index in [9.17, 15) is 9.50 Å². The molecular weight excluding hydrogens is 385 g/mol. The molecule has 2 aliphatic rings. The lowest BCUT2D eigenvalue weighted by molar-refractivity contribution is 0.0596. The molecule has 4 rings (SSSR count). The lowest BCUT2D eigenvalue weighted by atomic mass is 10.0. The SMILES string of the molecule is CCC1(CC)Oc2ccc(C3CCC(CCc4ccc(F)cc4)N3CO)cc2S1. The molecule has 1 fully saturated rings. The summed E-state index contributed by atoms with van der Waals surface area (Å²) in [5.41, 5.74) is 2.41. The number of rotatable bonds is 7. The van der Waals surface area contributed by atoms with Crippen LogP contribution in [0.2, 0.25) is 0 Å². The van der Waals surface area contributed by atoms with Crippen LogP contribution in [0.25, 0.3) is 0 Å². The molecule has 2 unspecified atom stereocenters. The number of benzene rings is 2. The fourth-order valence-electron chi connectivity index (χ4n) is 4.66. The van der Waals surface area contributed by atoms with E-state index in [2.05, 4.69) is 36.9 Å². The number of aliphatic hydroxyl groups is 1. The Kier molecular flexibility index (Phi) is 6.19. The number of likely N-dealkylation sites (tertiary alicyclic amines) is 1. The van der Waals surface area contributed by atoms with Crippen molar-refractivity contribution >= 4 is 11.8 Å². The van der Waals surface area contributed by atoms with Gasteiger partial charge in [0.2, 0.25) is 0 Å². The van der Waals surface area contributed by atoms with Gasteiger partial charge in [0, 0.05) is 12.1 Å². The minimum atomic E-state index is -0.194. The van der Waals surface area contributed by atoms with Crippen molar-refractivity contribution in [1.82, 2.24) is 4.90 Å². The number of nitrogens with zero attached hydrogens (tertiary/aromatic N) is 1. The van der Waals surface area contributed by atoms with Gasteiger partial charge in [0.1, 0.15) is 11.6 Å². The first-order chi connectivity index (χ1) is 14.1. The van der Waals surface area contributed by atoms with Crippen LogP contribution in [-0.2, 0) is 6.42 Å². The van der Waals surface area contributed by atoms with Crippen molar-refractivity contribution in [3.63, 3.8) is 0 Å². The number of ether oxygens (including phenoxy) is 1. The Morgan fingerprint density at radius 3 is 2.59 bits per heavy atom. The van der Waals surface area contributed by atoms with Crippen molar-refractivity contribution in [3.8, 4) is 5.75 Å². The van der Waals surface area contributed by atoms with Gasteiger partial charge < -0.3 is 9.84 Å². The molecule has 2 aliphatic heterocycles. The zero-order valence-corrected chi connectivity index (χ0v) is 18.1. The number of thioether (sulfide) groups is 1. The Bertz CT molecular complexity index is 837. The topological polar surface area (TPSA) is 32.7 Å². The molecule has 0 bridgehead atoms. The fraction of sp³-hybridized carbons (Fsp3) is 0.500. The van der Waals surface area contributed by atoms with Crippen LogP contribution in [0.1, 0.15) is 63.1 Å². The molecule has 3 nitrogen and oxygen atoms in total. The van der Waals surface area contributed by atoms with Gasteiger partial charge in [0.15, 0.2) is 4.93 Å². The van der Waals surface area contributed by atoms with Crippen LogP contribution in [0.15, 0.2) is 47.4 Å². The molecule has 0 saturated carbocycles. The standard InChI is InChI=1S/C24H30FNO2S/c1-3-24(4-2)28-22-14-8-18(15-23(22)29-24)21-13-12-20(26(21)16-27)11-7-17-5-9-19(25)10-6-17/h5-6,8-10,14-15,20-21,27H,3-4,7,11-13,16H2,1-2H3. The van der Waals surface area contributed by atoms with Gasteiger partial charge in [0.25, 0.3) is 0 Å². The average molecular weight is 416 g/mol. The number of aliphatic hydroxyl groups excluding tert-OH is 1. The van der Waals surface area contributed by atoms with E-state index in [4.69, 9.17) is 4.74 Å². The van der Waals surface area contributed by atoms with Gasteiger partial charge in [-0.15, -0.1) is 0 Å². The third kappa shape index (κ3) is 4.18. The van der Waals surface area contributed by atoms with E-state index in [-0.39, 0.29) is 23.5 Å². The molecule has 5 heteroatoms. The third-order valence-corrected chi connectivity index (χ3v) is 8.08. The molecule has 1 saturated heterocycles. The summed E-state index contributed by atoms with van der Waals surface area (Å²) in [7, 11) is 0.